The molecule has 0 N–H and O–H groups in total. The largest absolute Gasteiger partial charge is 0.497 e. The molecule has 0 aliphatic heterocycles. The molecule has 0 aliphatic rings. The smallest absolute Gasteiger partial charge is 0.279 e. The number of nitro benzene ring substituents is 1. The zero-order chi connectivity index (χ0) is 19.6. The second kappa shape index (κ2) is 7.55. The highest BCUT2D eigenvalue weighted by Gasteiger charge is 2.14. The standard InChI is InChI=1S/C19H17N3O4S/c1-12-17(13-7-9-16(26-3)10-8-13)21(2)19(27-12)20-18(23)14-5-4-6-15(11-14)22(24)25/h4-11H,1-3H3. The number of nitro groups is 1. The van der Waals surface area contributed by atoms with Gasteiger partial charge in [0.05, 0.1) is 17.7 Å². The molecule has 3 rings (SSSR count). The number of aromatic nitrogens is 1. The molecule has 138 valence electrons. The van der Waals surface area contributed by atoms with E-state index in [9.17, 15) is 14.9 Å². The summed E-state index contributed by atoms with van der Waals surface area (Å²) >= 11 is 1.39. The fourth-order valence-corrected chi connectivity index (χ4v) is 3.72. The van der Waals surface area contributed by atoms with Crippen molar-refractivity contribution in [3.63, 3.8) is 0 Å². The van der Waals surface area contributed by atoms with Crippen molar-refractivity contribution in [1.82, 2.24) is 4.57 Å². The van der Waals surface area contributed by atoms with Crippen LogP contribution in [0.15, 0.2) is 53.5 Å². The number of carbonyl (C=O) groups is 1. The van der Waals surface area contributed by atoms with Crippen LogP contribution < -0.4 is 9.54 Å². The molecule has 0 saturated heterocycles. The lowest BCUT2D eigenvalue weighted by Gasteiger charge is -2.06. The van der Waals surface area contributed by atoms with Crippen LogP contribution in [0.3, 0.4) is 0 Å². The van der Waals surface area contributed by atoms with Gasteiger partial charge in [-0.1, -0.05) is 6.07 Å². The van der Waals surface area contributed by atoms with Crippen molar-refractivity contribution in [3.8, 4) is 17.0 Å². The van der Waals surface area contributed by atoms with Crippen LogP contribution in [0.4, 0.5) is 5.69 Å². The van der Waals surface area contributed by atoms with Gasteiger partial charge in [-0.15, -0.1) is 11.3 Å². The van der Waals surface area contributed by atoms with Crippen LogP contribution in [0.2, 0.25) is 0 Å². The van der Waals surface area contributed by atoms with Crippen LogP contribution in [0.5, 0.6) is 5.75 Å². The van der Waals surface area contributed by atoms with Crippen molar-refractivity contribution in [2.75, 3.05) is 7.11 Å². The molecule has 0 radical (unpaired) electrons. The summed E-state index contributed by atoms with van der Waals surface area (Å²) in [5.74, 6) is 0.247. The fourth-order valence-electron chi connectivity index (χ4n) is 2.73. The number of nitrogens with zero attached hydrogens (tertiary/aromatic N) is 3. The average molecular weight is 383 g/mol. The molecule has 27 heavy (non-hydrogen) atoms. The van der Waals surface area contributed by atoms with Gasteiger partial charge in [0.1, 0.15) is 5.75 Å². The van der Waals surface area contributed by atoms with E-state index in [-0.39, 0.29) is 11.3 Å². The van der Waals surface area contributed by atoms with Gasteiger partial charge in [0.2, 0.25) is 0 Å². The Morgan fingerprint density at radius 1 is 1.22 bits per heavy atom. The number of non-ortho nitro benzene ring substituents is 1. The predicted molar refractivity (Wildman–Crippen MR) is 103 cm³/mol. The highest BCUT2D eigenvalue weighted by molar-refractivity contribution is 7.09. The molecule has 0 unspecified atom stereocenters. The Labute approximate surface area is 159 Å². The van der Waals surface area contributed by atoms with E-state index in [4.69, 9.17) is 4.74 Å². The molecule has 3 aromatic rings. The third kappa shape index (κ3) is 3.80. The highest BCUT2D eigenvalue weighted by Crippen LogP contribution is 2.26. The zero-order valence-electron chi connectivity index (χ0n) is 15.0. The van der Waals surface area contributed by atoms with E-state index < -0.39 is 10.8 Å². The molecule has 2 aromatic carbocycles. The fraction of sp³-hybridized carbons (Fsp3) is 0.158. The second-order valence-electron chi connectivity index (χ2n) is 5.80. The molecular formula is C19H17N3O4S. The molecule has 7 nitrogen and oxygen atoms in total. The lowest BCUT2D eigenvalue weighted by molar-refractivity contribution is -0.384. The predicted octanol–water partition coefficient (Wildman–Crippen LogP) is 3.72. The number of carbonyl (C=O) groups excluding carboxylic acids is 1. The number of thiazole rings is 1. The molecule has 8 heteroatoms. The first-order valence-corrected chi connectivity index (χ1v) is 8.86. The van der Waals surface area contributed by atoms with E-state index in [2.05, 4.69) is 4.99 Å². The summed E-state index contributed by atoms with van der Waals surface area (Å²) in [6.45, 7) is 1.96. The van der Waals surface area contributed by atoms with Crippen LogP contribution in [0.25, 0.3) is 11.3 Å². The lowest BCUT2D eigenvalue weighted by atomic mass is 10.1. The molecule has 1 heterocycles. The third-order valence-corrected chi connectivity index (χ3v) is 5.11. The van der Waals surface area contributed by atoms with Gasteiger partial charge in [-0.25, -0.2) is 0 Å². The van der Waals surface area contributed by atoms with Crippen molar-refractivity contribution in [2.45, 2.75) is 6.92 Å². The Morgan fingerprint density at radius 3 is 2.56 bits per heavy atom. The Hall–Kier alpha value is -3.26. The first-order valence-electron chi connectivity index (χ1n) is 8.05. The van der Waals surface area contributed by atoms with Crippen molar-refractivity contribution in [1.29, 1.82) is 0 Å². The molecule has 0 aliphatic carbocycles. The van der Waals surface area contributed by atoms with Crippen molar-refractivity contribution >= 4 is 22.9 Å². The summed E-state index contributed by atoms with van der Waals surface area (Å²) in [6.07, 6.45) is 0. The molecular weight excluding hydrogens is 366 g/mol. The first kappa shape index (κ1) is 18.5. The molecule has 1 aromatic heterocycles. The molecule has 1 amide bonds. The summed E-state index contributed by atoms with van der Waals surface area (Å²) in [7, 11) is 3.45. The van der Waals surface area contributed by atoms with Gasteiger partial charge in [-0.3, -0.25) is 14.9 Å². The van der Waals surface area contributed by atoms with E-state index in [0.717, 1.165) is 21.9 Å². The number of ether oxygens (including phenoxy) is 1. The van der Waals surface area contributed by atoms with Crippen molar-refractivity contribution in [3.05, 3.63) is 73.9 Å². The number of aryl methyl sites for hydroxylation is 1. The zero-order valence-corrected chi connectivity index (χ0v) is 15.8. The molecule has 0 fully saturated rings. The summed E-state index contributed by atoms with van der Waals surface area (Å²) in [6, 6.07) is 13.2. The van der Waals surface area contributed by atoms with Gasteiger partial charge in [-0.05, 0) is 42.8 Å². The van der Waals surface area contributed by atoms with Crippen molar-refractivity contribution in [2.24, 2.45) is 12.0 Å². The van der Waals surface area contributed by atoms with Gasteiger partial charge in [-0.2, -0.15) is 4.99 Å². The van der Waals surface area contributed by atoms with E-state index in [0.29, 0.717) is 4.80 Å². The first-order chi connectivity index (χ1) is 12.9. The van der Waals surface area contributed by atoms with Gasteiger partial charge in [0, 0.05) is 29.6 Å². The minimum atomic E-state index is -0.534. The third-order valence-electron chi connectivity index (χ3n) is 4.06. The number of benzene rings is 2. The van der Waals surface area contributed by atoms with Crippen LogP contribution in [-0.2, 0) is 7.05 Å². The van der Waals surface area contributed by atoms with Crippen LogP contribution in [-0.4, -0.2) is 22.5 Å². The molecule has 0 atom stereocenters. The summed E-state index contributed by atoms with van der Waals surface area (Å²) in [5, 5.41) is 10.9. The molecule has 0 saturated carbocycles. The maximum absolute atomic E-state index is 12.5. The Morgan fingerprint density at radius 2 is 1.93 bits per heavy atom. The van der Waals surface area contributed by atoms with Crippen LogP contribution >= 0.6 is 11.3 Å². The topological polar surface area (TPSA) is 86.7 Å². The summed E-state index contributed by atoms with van der Waals surface area (Å²) in [4.78, 5) is 28.5. The maximum Gasteiger partial charge on any atom is 0.279 e. The number of hydrogen-bond donors (Lipinski definition) is 0. The van der Waals surface area contributed by atoms with E-state index in [1.165, 1.54) is 35.6 Å². The number of hydrogen-bond acceptors (Lipinski definition) is 5. The van der Waals surface area contributed by atoms with Gasteiger partial charge in [0.15, 0.2) is 4.80 Å². The SMILES string of the molecule is COc1ccc(-c2c(C)sc(=NC(=O)c3cccc([N+](=O)[O-])c3)n2C)cc1. The Kier molecular flexibility index (Phi) is 5.18. The summed E-state index contributed by atoms with van der Waals surface area (Å²) < 4.78 is 7.03. The van der Waals surface area contributed by atoms with Gasteiger partial charge in [0.25, 0.3) is 11.6 Å². The summed E-state index contributed by atoms with van der Waals surface area (Å²) in [5.41, 5.74) is 1.98. The minimum Gasteiger partial charge on any atom is -0.497 e. The number of rotatable bonds is 4. The van der Waals surface area contributed by atoms with E-state index in [1.54, 1.807) is 7.11 Å². The maximum atomic E-state index is 12.5. The lowest BCUT2D eigenvalue weighted by Crippen LogP contribution is -2.14. The van der Waals surface area contributed by atoms with Gasteiger partial charge < -0.3 is 9.30 Å². The van der Waals surface area contributed by atoms with Gasteiger partial charge >= 0.3 is 0 Å². The number of methoxy groups -OCH3 is 1. The molecule has 0 spiro atoms. The van der Waals surface area contributed by atoms with E-state index in [1.807, 2.05) is 42.8 Å². The second-order valence-corrected chi connectivity index (χ2v) is 6.98. The Bertz CT molecular complexity index is 1080. The minimum absolute atomic E-state index is 0.137. The highest BCUT2D eigenvalue weighted by atomic mass is 32.1. The number of amides is 1. The quantitative estimate of drug-likeness (QED) is 0.507. The van der Waals surface area contributed by atoms with Crippen LogP contribution in [0.1, 0.15) is 15.2 Å². The average Bonchev–Trinajstić information content (AvgIpc) is 2.95. The normalized spacial score (nSPS) is 11.4. The molecule has 0 bridgehead atoms. The van der Waals surface area contributed by atoms with Crippen LogP contribution in [0, 0.1) is 17.0 Å². The van der Waals surface area contributed by atoms with Crippen molar-refractivity contribution < 1.29 is 14.5 Å². The Balaban J connectivity index is 2.01. The van der Waals surface area contributed by atoms with E-state index >= 15 is 0 Å². The monoisotopic (exact) mass is 383 g/mol.